The van der Waals surface area contributed by atoms with Gasteiger partial charge >= 0.3 is 0 Å². The fourth-order valence-corrected chi connectivity index (χ4v) is 4.56. The molecular weight excluding hydrogens is 364 g/mol. The molecular formula is C22H34N6O. The normalized spacial score (nSPS) is 22.0. The van der Waals surface area contributed by atoms with Crippen LogP contribution in [0.15, 0.2) is 12.4 Å². The topological polar surface area (TPSA) is 79.1 Å². The van der Waals surface area contributed by atoms with Gasteiger partial charge in [-0.25, -0.2) is 9.97 Å². The number of nitrogens with zero attached hydrogens (tertiary/aromatic N) is 5. The summed E-state index contributed by atoms with van der Waals surface area (Å²) < 4.78 is 2.00. The van der Waals surface area contributed by atoms with Crippen LogP contribution in [-0.2, 0) is 19.5 Å². The second-order valence-corrected chi connectivity index (χ2v) is 9.36. The summed E-state index contributed by atoms with van der Waals surface area (Å²) in [6.07, 6.45) is 7.61. The number of aliphatic hydroxyl groups is 1. The number of hydrogen-bond donors (Lipinski definition) is 2. The molecule has 7 nitrogen and oxygen atoms in total. The Morgan fingerprint density at radius 1 is 1.28 bits per heavy atom. The van der Waals surface area contributed by atoms with Gasteiger partial charge in [0.2, 0.25) is 5.95 Å². The van der Waals surface area contributed by atoms with E-state index in [9.17, 15) is 5.11 Å². The maximum absolute atomic E-state index is 9.78. The van der Waals surface area contributed by atoms with Crippen molar-refractivity contribution in [3.05, 3.63) is 34.9 Å². The number of hydrogen-bond acceptors (Lipinski definition) is 6. The Kier molecular flexibility index (Phi) is 5.62. The van der Waals surface area contributed by atoms with E-state index < -0.39 is 0 Å². The molecule has 1 aliphatic heterocycles. The lowest BCUT2D eigenvalue weighted by Crippen LogP contribution is -2.38. The SMILES string of the molecule is CCn1cc(CNC2CC(C)(C)Cc3nc(N4CCC(O)CC4)ncc32)c(C)n1. The zero-order chi connectivity index (χ0) is 20.6. The standard InChI is InChI=1S/C22H34N6O/c1-5-28-14-16(15(2)26-28)12-23-19-10-22(3,4)11-20-18(19)13-24-21(25-20)27-8-6-17(29)7-9-27/h13-14,17,19,23,29H,5-12H2,1-4H3. The van der Waals surface area contributed by atoms with Gasteiger partial charge in [0, 0.05) is 55.7 Å². The number of fused-ring (bicyclic) bond motifs is 1. The lowest BCUT2D eigenvalue weighted by Gasteiger charge is -2.37. The molecule has 0 aromatic carbocycles. The summed E-state index contributed by atoms with van der Waals surface area (Å²) in [6.45, 7) is 12.2. The Morgan fingerprint density at radius 3 is 2.72 bits per heavy atom. The zero-order valence-corrected chi connectivity index (χ0v) is 18.1. The molecule has 3 heterocycles. The monoisotopic (exact) mass is 398 g/mol. The van der Waals surface area contributed by atoms with Crippen LogP contribution in [0.4, 0.5) is 5.95 Å². The van der Waals surface area contributed by atoms with E-state index in [2.05, 4.69) is 49.2 Å². The molecule has 1 unspecified atom stereocenters. The maximum Gasteiger partial charge on any atom is 0.225 e. The Hall–Kier alpha value is -1.99. The van der Waals surface area contributed by atoms with Gasteiger partial charge in [0.05, 0.1) is 17.5 Å². The van der Waals surface area contributed by atoms with Crippen molar-refractivity contribution in [1.29, 1.82) is 0 Å². The molecule has 1 atom stereocenters. The summed E-state index contributed by atoms with van der Waals surface area (Å²) in [6, 6.07) is 0.246. The number of nitrogens with one attached hydrogen (secondary N) is 1. The van der Waals surface area contributed by atoms with Gasteiger partial charge in [0.15, 0.2) is 0 Å². The first-order valence-electron chi connectivity index (χ1n) is 10.9. The minimum absolute atomic E-state index is 0.183. The highest BCUT2D eigenvalue weighted by Gasteiger charge is 2.34. The molecule has 0 bridgehead atoms. The van der Waals surface area contributed by atoms with Gasteiger partial charge in [-0.3, -0.25) is 4.68 Å². The number of aryl methyl sites for hydroxylation is 2. The number of anilines is 1. The summed E-state index contributed by atoms with van der Waals surface area (Å²) >= 11 is 0. The first-order chi connectivity index (χ1) is 13.8. The molecule has 0 radical (unpaired) electrons. The van der Waals surface area contributed by atoms with Crippen molar-refractivity contribution in [3.8, 4) is 0 Å². The van der Waals surface area contributed by atoms with Gasteiger partial charge in [0.25, 0.3) is 0 Å². The van der Waals surface area contributed by atoms with E-state index in [1.807, 2.05) is 10.9 Å². The molecule has 7 heteroatoms. The van der Waals surface area contributed by atoms with Crippen molar-refractivity contribution in [1.82, 2.24) is 25.1 Å². The smallest absolute Gasteiger partial charge is 0.225 e. The molecule has 4 rings (SSSR count). The molecule has 1 fully saturated rings. The molecule has 0 saturated carbocycles. The van der Waals surface area contributed by atoms with Crippen LogP contribution in [0.2, 0.25) is 0 Å². The summed E-state index contributed by atoms with van der Waals surface area (Å²) in [5.74, 6) is 0.812. The van der Waals surface area contributed by atoms with Crippen molar-refractivity contribution in [2.45, 2.75) is 78.6 Å². The highest BCUT2D eigenvalue weighted by Crippen LogP contribution is 2.40. The van der Waals surface area contributed by atoms with Crippen molar-refractivity contribution < 1.29 is 5.11 Å². The Labute approximate surface area is 173 Å². The molecule has 0 amide bonds. The number of aliphatic hydroxyl groups excluding tert-OH is 1. The van der Waals surface area contributed by atoms with Crippen LogP contribution < -0.4 is 10.2 Å². The minimum Gasteiger partial charge on any atom is -0.393 e. The minimum atomic E-state index is -0.183. The van der Waals surface area contributed by atoms with E-state index >= 15 is 0 Å². The predicted octanol–water partition coefficient (Wildman–Crippen LogP) is 2.77. The van der Waals surface area contributed by atoms with Gasteiger partial charge in [-0.1, -0.05) is 13.8 Å². The Morgan fingerprint density at radius 2 is 2.03 bits per heavy atom. The van der Waals surface area contributed by atoms with E-state index in [-0.39, 0.29) is 17.6 Å². The lowest BCUT2D eigenvalue weighted by molar-refractivity contribution is 0.145. The second kappa shape index (κ2) is 8.03. The van der Waals surface area contributed by atoms with Crippen LogP contribution in [0.1, 0.15) is 68.6 Å². The van der Waals surface area contributed by atoms with Gasteiger partial charge in [-0.15, -0.1) is 0 Å². The molecule has 1 saturated heterocycles. The van der Waals surface area contributed by atoms with Crippen molar-refractivity contribution >= 4 is 5.95 Å². The van der Waals surface area contributed by atoms with Crippen LogP contribution in [0.3, 0.4) is 0 Å². The first-order valence-corrected chi connectivity index (χ1v) is 10.9. The van der Waals surface area contributed by atoms with Gasteiger partial charge in [0.1, 0.15) is 0 Å². The molecule has 2 aromatic heterocycles. The average molecular weight is 399 g/mol. The fourth-order valence-electron chi connectivity index (χ4n) is 4.56. The van der Waals surface area contributed by atoms with E-state index in [1.54, 1.807) is 0 Å². The van der Waals surface area contributed by atoms with Gasteiger partial charge in [-0.2, -0.15) is 5.10 Å². The summed E-state index contributed by atoms with van der Waals surface area (Å²) in [5.41, 5.74) is 4.92. The summed E-state index contributed by atoms with van der Waals surface area (Å²) in [7, 11) is 0. The fraction of sp³-hybridized carbons (Fsp3) is 0.682. The third-order valence-corrected chi connectivity index (χ3v) is 6.32. The second-order valence-electron chi connectivity index (χ2n) is 9.36. The molecule has 2 aromatic rings. The van der Waals surface area contributed by atoms with Crippen molar-refractivity contribution in [2.24, 2.45) is 5.41 Å². The quantitative estimate of drug-likeness (QED) is 0.806. The highest BCUT2D eigenvalue weighted by atomic mass is 16.3. The third kappa shape index (κ3) is 4.46. The summed E-state index contributed by atoms with van der Waals surface area (Å²) in [4.78, 5) is 11.9. The predicted molar refractivity (Wildman–Crippen MR) is 114 cm³/mol. The number of rotatable bonds is 5. The van der Waals surface area contributed by atoms with Crippen molar-refractivity contribution in [3.63, 3.8) is 0 Å². The van der Waals surface area contributed by atoms with Crippen LogP contribution in [0.25, 0.3) is 0 Å². The lowest BCUT2D eigenvalue weighted by atomic mass is 9.74. The van der Waals surface area contributed by atoms with E-state index in [0.29, 0.717) is 0 Å². The Bertz CT molecular complexity index is 853. The van der Waals surface area contributed by atoms with E-state index in [0.717, 1.165) is 69.2 Å². The molecule has 0 spiro atoms. The van der Waals surface area contributed by atoms with Gasteiger partial charge in [-0.05, 0) is 44.9 Å². The third-order valence-electron chi connectivity index (χ3n) is 6.32. The van der Waals surface area contributed by atoms with Crippen molar-refractivity contribution in [2.75, 3.05) is 18.0 Å². The number of aromatic nitrogens is 4. The van der Waals surface area contributed by atoms with Gasteiger partial charge < -0.3 is 15.3 Å². The first kappa shape index (κ1) is 20.3. The summed E-state index contributed by atoms with van der Waals surface area (Å²) in [5, 5.41) is 18.1. The van der Waals surface area contributed by atoms with E-state index in [4.69, 9.17) is 9.97 Å². The molecule has 1 aliphatic carbocycles. The van der Waals surface area contributed by atoms with Crippen LogP contribution >= 0.6 is 0 Å². The molecule has 2 N–H and O–H groups in total. The van der Waals surface area contributed by atoms with E-state index in [1.165, 1.54) is 11.1 Å². The largest absolute Gasteiger partial charge is 0.393 e. The molecule has 158 valence electrons. The average Bonchev–Trinajstić information content (AvgIpc) is 3.05. The maximum atomic E-state index is 9.78. The molecule has 2 aliphatic rings. The van der Waals surface area contributed by atoms with Crippen LogP contribution in [-0.4, -0.2) is 44.0 Å². The number of piperidine rings is 1. The van der Waals surface area contributed by atoms with Crippen LogP contribution in [0.5, 0.6) is 0 Å². The highest BCUT2D eigenvalue weighted by molar-refractivity contribution is 5.37. The molecule has 29 heavy (non-hydrogen) atoms. The van der Waals surface area contributed by atoms with Crippen LogP contribution in [0, 0.1) is 12.3 Å². The zero-order valence-electron chi connectivity index (χ0n) is 18.1. The Balaban J connectivity index is 1.53.